The molecule has 0 aliphatic rings. The van der Waals surface area contributed by atoms with Gasteiger partial charge in [-0.3, -0.25) is 0 Å². The van der Waals surface area contributed by atoms with Crippen molar-refractivity contribution < 1.29 is 32.2 Å². The fourth-order valence-corrected chi connectivity index (χ4v) is 1.96. The van der Waals surface area contributed by atoms with Crippen LogP contribution >= 0.6 is 0 Å². The van der Waals surface area contributed by atoms with Crippen molar-refractivity contribution in [2.24, 2.45) is 0 Å². The van der Waals surface area contributed by atoms with E-state index in [-0.39, 0.29) is 11.1 Å². The third kappa shape index (κ3) is 4.82. The average Bonchev–Trinajstić information content (AvgIpc) is 2.61. The summed E-state index contributed by atoms with van der Waals surface area (Å²) in [5, 5.41) is 0. The average molecular weight is 352 g/mol. The number of benzene rings is 2. The third-order valence-corrected chi connectivity index (χ3v) is 3.22. The Hall–Kier alpha value is -2.83. The number of carbonyl (C=O) groups excluding carboxylic acids is 2. The van der Waals surface area contributed by atoms with Crippen LogP contribution in [0.3, 0.4) is 0 Å². The van der Waals surface area contributed by atoms with E-state index in [0.29, 0.717) is 19.1 Å². The highest BCUT2D eigenvalue weighted by Gasteiger charge is 2.15. The van der Waals surface area contributed by atoms with Gasteiger partial charge in [-0.15, -0.1) is 0 Å². The number of rotatable bonds is 6. The van der Waals surface area contributed by atoms with E-state index in [9.17, 15) is 22.8 Å². The fourth-order valence-electron chi connectivity index (χ4n) is 1.96. The third-order valence-electron chi connectivity index (χ3n) is 3.22. The summed E-state index contributed by atoms with van der Waals surface area (Å²) in [4.78, 5) is 23.5. The van der Waals surface area contributed by atoms with Crippen LogP contribution in [0, 0.1) is 17.5 Å². The Labute approximate surface area is 142 Å². The predicted molar refractivity (Wildman–Crippen MR) is 82.5 cm³/mol. The summed E-state index contributed by atoms with van der Waals surface area (Å²) < 4.78 is 49.5. The zero-order valence-electron chi connectivity index (χ0n) is 13.4. The first-order valence-electron chi connectivity index (χ1n) is 7.50. The van der Waals surface area contributed by atoms with Crippen molar-refractivity contribution in [2.45, 2.75) is 20.0 Å². The smallest absolute Gasteiger partial charge is 0.338 e. The highest BCUT2D eigenvalue weighted by atomic mass is 19.2. The van der Waals surface area contributed by atoms with Gasteiger partial charge in [0.1, 0.15) is 12.4 Å². The fraction of sp³-hybridized carbons (Fsp3) is 0.222. The zero-order valence-corrected chi connectivity index (χ0v) is 13.4. The van der Waals surface area contributed by atoms with Crippen molar-refractivity contribution >= 4 is 11.9 Å². The zero-order chi connectivity index (χ0) is 18.4. The van der Waals surface area contributed by atoms with Crippen LogP contribution in [0.2, 0.25) is 0 Å². The number of halogens is 3. The van der Waals surface area contributed by atoms with Crippen LogP contribution in [0.25, 0.3) is 0 Å². The summed E-state index contributed by atoms with van der Waals surface area (Å²) in [6, 6.07) is 6.60. The lowest BCUT2D eigenvalue weighted by Crippen LogP contribution is -2.09. The largest absolute Gasteiger partial charge is 0.462 e. The highest BCUT2D eigenvalue weighted by Crippen LogP contribution is 2.16. The van der Waals surface area contributed by atoms with Gasteiger partial charge in [-0.2, -0.15) is 0 Å². The molecule has 0 N–H and O–H groups in total. The molecule has 2 aromatic rings. The van der Waals surface area contributed by atoms with Crippen LogP contribution in [0.5, 0.6) is 0 Å². The van der Waals surface area contributed by atoms with Gasteiger partial charge in [-0.25, -0.2) is 22.8 Å². The summed E-state index contributed by atoms with van der Waals surface area (Å²) in [6.07, 6.45) is 0.688. The molecule has 0 aliphatic carbocycles. The molecule has 0 saturated heterocycles. The molecular weight excluding hydrogens is 337 g/mol. The van der Waals surface area contributed by atoms with Crippen molar-refractivity contribution in [2.75, 3.05) is 6.61 Å². The molecule has 0 bridgehead atoms. The monoisotopic (exact) mass is 352 g/mol. The standard InChI is InChI=1S/C18H15F3O4/c1-2-7-24-17(22)11-3-5-12(6-4-11)18(23)25-10-13-8-14(19)9-15(20)16(13)21/h3-6,8-9H,2,7,10H2,1H3. The maximum Gasteiger partial charge on any atom is 0.338 e. The molecule has 0 unspecified atom stereocenters. The summed E-state index contributed by atoms with van der Waals surface area (Å²) in [5.74, 6) is -4.94. The number of ether oxygens (including phenoxy) is 2. The van der Waals surface area contributed by atoms with Gasteiger partial charge in [0.2, 0.25) is 0 Å². The van der Waals surface area contributed by atoms with E-state index in [2.05, 4.69) is 0 Å². The molecule has 0 heterocycles. The lowest BCUT2D eigenvalue weighted by atomic mass is 10.1. The van der Waals surface area contributed by atoms with Gasteiger partial charge in [-0.05, 0) is 36.8 Å². The second-order valence-electron chi connectivity index (χ2n) is 5.15. The second kappa shape index (κ2) is 8.32. The molecule has 7 heteroatoms. The van der Waals surface area contributed by atoms with Gasteiger partial charge in [0.25, 0.3) is 0 Å². The first-order valence-corrected chi connectivity index (χ1v) is 7.50. The van der Waals surface area contributed by atoms with Crippen LogP contribution < -0.4 is 0 Å². The Balaban J connectivity index is 2.01. The molecule has 2 rings (SSSR count). The Kier molecular flexibility index (Phi) is 6.16. The molecule has 0 amide bonds. The maximum atomic E-state index is 13.5. The van der Waals surface area contributed by atoms with Crippen molar-refractivity contribution in [3.63, 3.8) is 0 Å². The molecule has 0 aromatic heterocycles. The number of hydrogen-bond acceptors (Lipinski definition) is 4. The van der Waals surface area contributed by atoms with E-state index in [1.54, 1.807) is 0 Å². The van der Waals surface area contributed by atoms with Gasteiger partial charge in [0.15, 0.2) is 11.6 Å². The summed E-state index contributed by atoms with van der Waals surface area (Å²) in [5.41, 5.74) is -0.0433. The molecule has 4 nitrogen and oxygen atoms in total. The molecule has 0 radical (unpaired) electrons. The number of carbonyl (C=O) groups is 2. The molecule has 2 aromatic carbocycles. The first kappa shape index (κ1) is 18.5. The lowest BCUT2D eigenvalue weighted by molar-refractivity contribution is 0.0462. The lowest BCUT2D eigenvalue weighted by Gasteiger charge is -2.08. The molecule has 0 fully saturated rings. The van der Waals surface area contributed by atoms with Crippen molar-refractivity contribution in [3.8, 4) is 0 Å². The molecule has 25 heavy (non-hydrogen) atoms. The highest BCUT2D eigenvalue weighted by molar-refractivity contribution is 5.93. The normalized spacial score (nSPS) is 10.4. The SMILES string of the molecule is CCCOC(=O)c1ccc(C(=O)OCc2cc(F)cc(F)c2F)cc1. The van der Waals surface area contributed by atoms with E-state index in [0.717, 1.165) is 6.07 Å². The molecular formula is C18H15F3O4. The Morgan fingerprint density at radius 3 is 2.04 bits per heavy atom. The Morgan fingerprint density at radius 1 is 0.920 bits per heavy atom. The first-order chi connectivity index (χ1) is 11.9. The van der Waals surface area contributed by atoms with E-state index in [4.69, 9.17) is 9.47 Å². The van der Waals surface area contributed by atoms with Crippen LogP contribution in [0.15, 0.2) is 36.4 Å². The van der Waals surface area contributed by atoms with Gasteiger partial charge in [0, 0.05) is 11.6 Å². The Bertz CT molecular complexity index is 773. The minimum Gasteiger partial charge on any atom is -0.462 e. The summed E-state index contributed by atoms with van der Waals surface area (Å²) >= 11 is 0. The van der Waals surface area contributed by atoms with E-state index in [1.807, 2.05) is 6.92 Å². The molecule has 0 aliphatic heterocycles. The van der Waals surface area contributed by atoms with Crippen LogP contribution in [0.4, 0.5) is 13.2 Å². The van der Waals surface area contributed by atoms with E-state index >= 15 is 0 Å². The van der Waals surface area contributed by atoms with E-state index in [1.165, 1.54) is 24.3 Å². The quantitative estimate of drug-likeness (QED) is 0.582. The van der Waals surface area contributed by atoms with E-state index < -0.39 is 41.6 Å². The maximum absolute atomic E-state index is 13.5. The van der Waals surface area contributed by atoms with Gasteiger partial charge < -0.3 is 9.47 Å². The van der Waals surface area contributed by atoms with Crippen LogP contribution in [0.1, 0.15) is 39.6 Å². The molecule has 0 atom stereocenters. The number of esters is 2. The minimum atomic E-state index is -1.36. The molecule has 132 valence electrons. The molecule has 0 spiro atoms. The Morgan fingerprint density at radius 2 is 1.48 bits per heavy atom. The van der Waals surface area contributed by atoms with Crippen LogP contribution in [-0.4, -0.2) is 18.5 Å². The molecule has 0 saturated carbocycles. The minimum absolute atomic E-state index is 0.101. The number of hydrogen-bond donors (Lipinski definition) is 0. The summed E-state index contributed by atoms with van der Waals surface area (Å²) in [7, 11) is 0. The topological polar surface area (TPSA) is 52.6 Å². The van der Waals surface area contributed by atoms with Gasteiger partial charge >= 0.3 is 11.9 Å². The van der Waals surface area contributed by atoms with Crippen molar-refractivity contribution in [1.29, 1.82) is 0 Å². The van der Waals surface area contributed by atoms with Crippen molar-refractivity contribution in [3.05, 3.63) is 70.5 Å². The predicted octanol–water partition coefficient (Wildman–Crippen LogP) is 4.03. The van der Waals surface area contributed by atoms with Gasteiger partial charge in [-0.1, -0.05) is 6.92 Å². The van der Waals surface area contributed by atoms with Gasteiger partial charge in [0.05, 0.1) is 17.7 Å². The van der Waals surface area contributed by atoms with Crippen molar-refractivity contribution in [1.82, 2.24) is 0 Å². The summed E-state index contributed by atoms with van der Waals surface area (Å²) in [6.45, 7) is 1.53. The second-order valence-corrected chi connectivity index (χ2v) is 5.15. The van der Waals surface area contributed by atoms with Crippen LogP contribution in [-0.2, 0) is 16.1 Å².